The van der Waals surface area contributed by atoms with Crippen LogP contribution in [-0.4, -0.2) is 46.7 Å². The number of carbonyl (C=O) groups is 1. The van der Waals surface area contributed by atoms with Crippen LogP contribution < -0.4 is 0 Å². The minimum absolute atomic E-state index is 0.111. The van der Waals surface area contributed by atoms with Crippen LogP contribution in [-0.2, 0) is 14.3 Å². The summed E-state index contributed by atoms with van der Waals surface area (Å²) in [5, 5.41) is 23.6. The molecule has 35 heavy (non-hydrogen) atoms. The molecule has 2 N–H and O–H groups in total. The number of benzene rings is 1. The van der Waals surface area contributed by atoms with Crippen molar-refractivity contribution in [3.8, 4) is 0 Å². The maximum absolute atomic E-state index is 12.2. The van der Waals surface area contributed by atoms with Crippen molar-refractivity contribution in [1.29, 1.82) is 0 Å². The molecular weight excluding hydrogens is 440 g/mol. The van der Waals surface area contributed by atoms with Gasteiger partial charge in [-0.3, -0.25) is 0 Å². The second-order valence-electron chi connectivity index (χ2n) is 12.7. The maximum Gasteiger partial charge on any atom is 0.171 e. The third kappa shape index (κ3) is 3.17. The smallest absolute Gasteiger partial charge is 0.171 e. The molecule has 1 aromatic carbocycles. The zero-order valence-electron chi connectivity index (χ0n) is 20.8. The fourth-order valence-corrected chi connectivity index (χ4v) is 8.96. The van der Waals surface area contributed by atoms with Crippen LogP contribution in [0.15, 0.2) is 35.4 Å². The number of allylic oxidation sites excluding steroid dienone is 1. The lowest BCUT2D eigenvalue weighted by Crippen LogP contribution is -2.56. The van der Waals surface area contributed by atoms with Gasteiger partial charge < -0.3 is 24.5 Å². The first-order valence-electron chi connectivity index (χ1n) is 13.8. The van der Waals surface area contributed by atoms with Crippen molar-refractivity contribution < 1.29 is 24.5 Å². The monoisotopic (exact) mass is 478 g/mol. The Labute approximate surface area is 207 Å². The number of hydrogen-bond acceptors (Lipinski definition) is 5. The highest BCUT2D eigenvalue weighted by molar-refractivity contribution is 5.66. The van der Waals surface area contributed by atoms with Gasteiger partial charge in [-0.2, -0.15) is 0 Å². The number of aldehydes is 1. The fraction of sp³-hybridized carbons (Fsp3) is 0.700. The average Bonchev–Trinajstić information content (AvgIpc) is 3.56. The van der Waals surface area contributed by atoms with Gasteiger partial charge in [-0.05, 0) is 85.8 Å². The molecule has 6 atom stereocenters. The normalized spacial score (nSPS) is 44.1. The molecule has 5 fully saturated rings. The van der Waals surface area contributed by atoms with Crippen LogP contribution in [0.2, 0.25) is 0 Å². The third-order valence-corrected chi connectivity index (χ3v) is 11.0. The number of carbonyl (C=O) groups excluding carboxylic acids is 1. The standard InChI is InChI=1S/C30H38O5/c1-27-16-23(21-6-4-20(5-7-21)19-2-3-19)26-22(24(27)9-12-29(27,33)18-31)8-11-28(32)17-30(13-10-25(26)28)34-14-15-35-30/h4-7,18-19,22-24,32-33H,2-3,8-17H2,1H3/t22-,23+,24-,27-,28+,29+/m0/s1. The molecule has 7 rings (SSSR count). The molecule has 0 radical (unpaired) electrons. The van der Waals surface area contributed by atoms with Crippen molar-refractivity contribution in [2.75, 3.05) is 13.2 Å². The quantitative estimate of drug-likeness (QED) is 0.484. The highest BCUT2D eigenvalue weighted by Gasteiger charge is 2.65. The molecule has 0 bridgehead atoms. The van der Waals surface area contributed by atoms with Crippen molar-refractivity contribution >= 4 is 6.29 Å². The minimum Gasteiger partial charge on any atom is -0.385 e. The third-order valence-electron chi connectivity index (χ3n) is 11.0. The number of aliphatic hydroxyl groups is 2. The van der Waals surface area contributed by atoms with E-state index in [4.69, 9.17) is 9.47 Å². The van der Waals surface area contributed by atoms with Gasteiger partial charge in [-0.15, -0.1) is 0 Å². The van der Waals surface area contributed by atoms with E-state index in [0.717, 1.165) is 38.4 Å². The molecule has 1 aliphatic heterocycles. The molecule has 1 saturated heterocycles. The van der Waals surface area contributed by atoms with E-state index in [0.29, 0.717) is 44.3 Å². The molecule has 0 unspecified atom stereocenters. The first-order valence-corrected chi connectivity index (χ1v) is 13.8. The van der Waals surface area contributed by atoms with Gasteiger partial charge in [0.05, 0.1) is 18.8 Å². The molecule has 1 aromatic rings. The van der Waals surface area contributed by atoms with Crippen LogP contribution in [0.5, 0.6) is 0 Å². The molecular formula is C30H38O5. The van der Waals surface area contributed by atoms with Crippen LogP contribution in [0.25, 0.3) is 0 Å². The van der Waals surface area contributed by atoms with E-state index in [1.54, 1.807) is 0 Å². The summed E-state index contributed by atoms with van der Waals surface area (Å²) in [6.07, 6.45) is 9.23. The number of fused-ring (bicyclic) bond motifs is 4. The van der Waals surface area contributed by atoms with E-state index >= 15 is 0 Å². The fourth-order valence-electron chi connectivity index (χ4n) is 8.96. The van der Waals surface area contributed by atoms with Gasteiger partial charge in [-0.25, -0.2) is 0 Å². The Balaban J connectivity index is 1.35. The van der Waals surface area contributed by atoms with Crippen molar-refractivity contribution in [2.45, 2.75) is 100.0 Å². The number of hydrogen-bond donors (Lipinski definition) is 2. The lowest BCUT2D eigenvalue weighted by molar-refractivity contribution is -0.208. The highest BCUT2D eigenvalue weighted by Crippen LogP contribution is 2.67. The van der Waals surface area contributed by atoms with E-state index in [2.05, 4.69) is 31.2 Å². The minimum atomic E-state index is -1.27. The largest absolute Gasteiger partial charge is 0.385 e. The van der Waals surface area contributed by atoms with Crippen LogP contribution in [0.3, 0.4) is 0 Å². The van der Waals surface area contributed by atoms with Crippen molar-refractivity contribution in [3.05, 3.63) is 46.5 Å². The van der Waals surface area contributed by atoms with Gasteiger partial charge in [0.1, 0.15) is 5.60 Å². The summed E-state index contributed by atoms with van der Waals surface area (Å²) >= 11 is 0. The van der Waals surface area contributed by atoms with Gasteiger partial charge in [0, 0.05) is 24.2 Å². The van der Waals surface area contributed by atoms with Gasteiger partial charge in [0.2, 0.25) is 0 Å². The number of rotatable bonds is 3. The van der Waals surface area contributed by atoms with Gasteiger partial charge in [0.25, 0.3) is 0 Å². The van der Waals surface area contributed by atoms with Crippen LogP contribution in [0.4, 0.5) is 0 Å². The van der Waals surface area contributed by atoms with Gasteiger partial charge in [0.15, 0.2) is 12.1 Å². The van der Waals surface area contributed by atoms with E-state index in [-0.39, 0.29) is 11.8 Å². The maximum atomic E-state index is 12.2. The predicted molar refractivity (Wildman–Crippen MR) is 131 cm³/mol. The Bertz CT molecular complexity index is 1070. The average molecular weight is 479 g/mol. The summed E-state index contributed by atoms with van der Waals surface area (Å²) in [6.45, 7) is 3.36. The van der Waals surface area contributed by atoms with Crippen molar-refractivity contribution in [3.63, 3.8) is 0 Å². The molecule has 1 heterocycles. The zero-order valence-corrected chi connectivity index (χ0v) is 20.8. The highest BCUT2D eigenvalue weighted by atomic mass is 16.7. The molecule has 4 saturated carbocycles. The molecule has 5 nitrogen and oxygen atoms in total. The Morgan fingerprint density at radius 3 is 2.34 bits per heavy atom. The molecule has 188 valence electrons. The summed E-state index contributed by atoms with van der Waals surface area (Å²) in [4.78, 5) is 12.2. The Kier molecular flexibility index (Phi) is 4.86. The summed E-state index contributed by atoms with van der Waals surface area (Å²) in [7, 11) is 0. The second kappa shape index (κ2) is 7.50. The van der Waals surface area contributed by atoms with E-state index in [9.17, 15) is 15.0 Å². The van der Waals surface area contributed by atoms with Gasteiger partial charge in [-0.1, -0.05) is 36.8 Å². The Hall–Kier alpha value is -1.53. The summed E-state index contributed by atoms with van der Waals surface area (Å²) in [5.74, 6) is 0.747. The van der Waals surface area contributed by atoms with Crippen molar-refractivity contribution in [2.24, 2.45) is 17.3 Å². The topological polar surface area (TPSA) is 76.0 Å². The molecule has 0 aromatic heterocycles. The Morgan fingerprint density at radius 2 is 1.66 bits per heavy atom. The molecule has 1 spiro atoms. The van der Waals surface area contributed by atoms with E-state index < -0.39 is 22.4 Å². The molecule has 6 aliphatic rings. The lowest BCUT2D eigenvalue weighted by atomic mass is 9.49. The Morgan fingerprint density at radius 1 is 0.943 bits per heavy atom. The summed E-state index contributed by atoms with van der Waals surface area (Å²) in [5.41, 5.74) is 2.68. The summed E-state index contributed by atoms with van der Waals surface area (Å²) < 4.78 is 12.1. The van der Waals surface area contributed by atoms with Crippen LogP contribution in [0, 0.1) is 17.3 Å². The zero-order chi connectivity index (χ0) is 24.1. The van der Waals surface area contributed by atoms with E-state index in [1.165, 1.54) is 35.1 Å². The predicted octanol–water partition coefficient (Wildman–Crippen LogP) is 4.76. The summed E-state index contributed by atoms with van der Waals surface area (Å²) in [6, 6.07) is 9.13. The van der Waals surface area contributed by atoms with Crippen LogP contribution in [0.1, 0.15) is 94.1 Å². The SMILES string of the molecule is C[C@]12C[C@H](c3ccc(C4CC4)cc3)C3=C4CCC5(C[C@]4(O)CC[C@H]3[C@@H]1CC[C@@]2(O)C=O)OCCO5. The van der Waals surface area contributed by atoms with E-state index in [1.807, 2.05) is 0 Å². The van der Waals surface area contributed by atoms with Crippen LogP contribution >= 0.6 is 0 Å². The van der Waals surface area contributed by atoms with Gasteiger partial charge >= 0.3 is 0 Å². The first-order chi connectivity index (χ1) is 16.8. The first kappa shape index (κ1) is 22.7. The molecule has 5 aliphatic carbocycles. The second-order valence-corrected chi connectivity index (χ2v) is 12.7. The lowest BCUT2D eigenvalue weighted by Gasteiger charge is -2.57. The molecule has 0 amide bonds. The van der Waals surface area contributed by atoms with Crippen molar-refractivity contribution in [1.82, 2.24) is 0 Å². The number of ether oxygens (including phenoxy) is 2. The molecule has 5 heteroatoms.